The lowest BCUT2D eigenvalue weighted by Crippen LogP contribution is -2.31. The van der Waals surface area contributed by atoms with E-state index in [1.807, 2.05) is 43.4 Å². The molecular formula is C20H24N4O4. The summed E-state index contributed by atoms with van der Waals surface area (Å²) in [5, 5.41) is 4.02. The molecule has 0 saturated carbocycles. The predicted molar refractivity (Wildman–Crippen MR) is 107 cm³/mol. The molecule has 1 aromatic heterocycles. The molecular weight excluding hydrogens is 360 g/mol. The normalized spacial score (nSPS) is 11.4. The van der Waals surface area contributed by atoms with Crippen molar-refractivity contribution in [2.45, 2.75) is 6.54 Å². The van der Waals surface area contributed by atoms with Gasteiger partial charge in [-0.2, -0.15) is 0 Å². The number of rotatable bonds is 7. The number of anilines is 1. The minimum Gasteiger partial charge on any atom is -0.497 e. The lowest BCUT2D eigenvalue weighted by atomic mass is 10.2. The molecule has 0 atom stereocenters. The zero-order valence-corrected chi connectivity index (χ0v) is 16.6. The van der Waals surface area contributed by atoms with Crippen LogP contribution in [0.4, 0.5) is 5.82 Å². The average Bonchev–Trinajstić information content (AvgIpc) is 2.75. The third-order valence-corrected chi connectivity index (χ3v) is 4.38. The van der Waals surface area contributed by atoms with E-state index in [2.05, 4.69) is 15.3 Å². The third-order valence-electron chi connectivity index (χ3n) is 4.38. The smallest absolute Gasteiger partial charge is 0.261 e. The van der Waals surface area contributed by atoms with Gasteiger partial charge in [0.05, 0.1) is 27.9 Å². The number of aromatic nitrogens is 2. The van der Waals surface area contributed by atoms with Crippen LogP contribution < -0.4 is 30.0 Å². The Bertz CT molecular complexity index is 1050. The van der Waals surface area contributed by atoms with Crippen LogP contribution in [-0.2, 0) is 6.54 Å². The monoisotopic (exact) mass is 384 g/mol. The molecule has 0 aliphatic carbocycles. The molecule has 0 radical (unpaired) electrons. The van der Waals surface area contributed by atoms with E-state index < -0.39 is 0 Å². The summed E-state index contributed by atoms with van der Waals surface area (Å²) in [6.07, 6.45) is 0. The summed E-state index contributed by atoms with van der Waals surface area (Å²) in [4.78, 5) is 14.9. The van der Waals surface area contributed by atoms with Gasteiger partial charge in [-0.1, -0.05) is 6.07 Å². The summed E-state index contributed by atoms with van der Waals surface area (Å²) in [5.74, 6) is 2.81. The second-order valence-corrected chi connectivity index (χ2v) is 5.84. The highest BCUT2D eigenvalue weighted by molar-refractivity contribution is 5.92. The first-order chi connectivity index (χ1) is 13.7. The summed E-state index contributed by atoms with van der Waals surface area (Å²) in [7, 11) is 8.24. The number of methoxy groups -OCH3 is 3. The molecule has 1 N–H and O–H groups in total. The van der Waals surface area contributed by atoms with Crippen molar-refractivity contribution in [1.29, 1.82) is 0 Å². The van der Waals surface area contributed by atoms with Crippen molar-refractivity contribution in [2.24, 2.45) is 4.99 Å². The largest absolute Gasteiger partial charge is 0.497 e. The van der Waals surface area contributed by atoms with Gasteiger partial charge in [-0.25, -0.2) is 9.98 Å². The lowest BCUT2D eigenvalue weighted by Gasteiger charge is -2.15. The first-order valence-corrected chi connectivity index (χ1v) is 8.70. The number of nitrogens with zero attached hydrogens (tertiary/aromatic N) is 3. The standard InChI is InChI=1S/C20H24N4O4/c1-21-19-15-7-6-8-16(26-3)18(15)23-20(24(19)28-5)22-12-13-9-10-14(25-2)11-17(13)27-4/h6-11,21H,12H2,1-5H3. The van der Waals surface area contributed by atoms with Gasteiger partial charge in [-0.3, -0.25) is 0 Å². The number of hydrogen-bond donors (Lipinski definition) is 1. The van der Waals surface area contributed by atoms with Gasteiger partial charge in [0.25, 0.3) is 5.62 Å². The van der Waals surface area contributed by atoms with E-state index in [0.717, 1.165) is 22.5 Å². The Labute approximate surface area is 163 Å². The Balaban J connectivity index is 2.17. The van der Waals surface area contributed by atoms with E-state index >= 15 is 0 Å². The van der Waals surface area contributed by atoms with Crippen molar-refractivity contribution in [3.63, 3.8) is 0 Å². The van der Waals surface area contributed by atoms with Crippen molar-refractivity contribution < 1.29 is 19.0 Å². The molecule has 28 heavy (non-hydrogen) atoms. The van der Waals surface area contributed by atoms with Crippen molar-refractivity contribution in [1.82, 2.24) is 9.71 Å². The van der Waals surface area contributed by atoms with Crippen LogP contribution in [0.5, 0.6) is 17.2 Å². The zero-order valence-electron chi connectivity index (χ0n) is 16.6. The third kappa shape index (κ3) is 3.53. The van der Waals surface area contributed by atoms with Gasteiger partial charge in [0.1, 0.15) is 29.9 Å². The number of nitrogens with one attached hydrogen (secondary N) is 1. The van der Waals surface area contributed by atoms with Gasteiger partial charge in [-0.05, 0) is 24.3 Å². The van der Waals surface area contributed by atoms with E-state index in [0.29, 0.717) is 29.2 Å². The SMILES string of the molecule is CNc1c2cccc(OC)c2nc(=NCc2ccc(OC)cc2OC)n1OC. The van der Waals surface area contributed by atoms with E-state index in [1.165, 1.54) is 0 Å². The quantitative estimate of drug-likeness (QED) is 0.673. The van der Waals surface area contributed by atoms with Crippen LogP contribution in [0.15, 0.2) is 41.4 Å². The Morgan fingerprint density at radius 1 is 1.00 bits per heavy atom. The zero-order chi connectivity index (χ0) is 20.1. The molecule has 148 valence electrons. The van der Waals surface area contributed by atoms with Gasteiger partial charge in [0.2, 0.25) is 0 Å². The van der Waals surface area contributed by atoms with Gasteiger partial charge >= 0.3 is 0 Å². The molecule has 0 fully saturated rings. The van der Waals surface area contributed by atoms with Crippen LogP contribution in [0.3, 0.4) is 0 Å². The number of benzene rings is 2. The second kappa shape index (κ2) is 8.51. The lowest BCUT2D eigenvalue weighted by molar-refractivity contribution is 0.156. The molecule has 3 aromatic rings. The highest BCUT2D eigenvalue weighted by Gasteiger charge is 2.13. The Hall–Kier alpha value is -3.42. The maximum atomic E-state index is 5.54. The predicted octanol–water partition coefficient (Wildman–Crippen LogP) is 2.26. The average molecular weight is 384 g/mol. The highest BCUT2D eigenvalue weighted by atomic mass is 16.6. The molecule has 0 spiro atoms. The van der Waals surface area contributed by atoms with E-state index in [-0.39, 0.29) is 0 Å². The van der Waals surface area contributed by atoms with E-state index in [1.54, 1.807) is 33.2 Å². The highest BCUT2D eigenvalue weighted by Crippen LogP contribution is 2.27. The van der Waals surface area contributed by atoms with Crippen LogP contribution in [0, 0.1) is 0 Å². The minimum absolute atomic E-state index is 0.355. The molecule has 8 heteroatoms. The molecule has 0 amide bonds. The van der Waals surface area contributed by atoms with Crippen LogP contribution >= 0.6 is 0 Å². The first-order valence-electron chi connectivity index (χ1n) is 8.70. The maximum Gasteiger partial charge on any atom is 0.261 e. The molecule has 1 heterocycles. The number of ether oxygens (including phenoxy) is 3. The Kier molecular flexibility index (Phi) is 5.88. The Morgan fingerprint density at radius 2 is 1.79 bits per heavy atom. The summed E-state index contributed by atoms with van der Waals surface area (Å²) in [6.45, 7) is 0.355. The molecule has 0 saturated heterocycles. The van der Waals surface area contributed by atoms with Crippen molar-refractivity contribution in [3.05, 3.63) is 47.6 Å². The second-order valence-electron chi connectivity index (χ2n) is 5.84. The summed E-state index contributed by atoms with van der Waals surface area (Å²) >= 11 is 0. The fourth-order valence-corrected chi connectivity index (χ4v) is 3.00. The number of hydrogen-bond acceptors (Lipinski definition) is 7. The van der Waals surface area contributed by atoms with Crippen LogP contribution in [0.25, 0.3) is 10.9 Å². The molecule has 8 nitrogen and oxygen atoms in total. The van der Waals surface area contributed by atoms with Crippen LogP contribution in [-0.4, -0.2) is 45.2 Å². The summed E-state index contributed by atoms with van der Waals surface area (Å²) in [6, 6.07) is 11.3. The van der Waals surface area contributed by atoms with Gasteiger partial charge < -0.3 is 24.4 Å². The summed E-state index contributed by atoms with van der Waals surface area (Å²) < 4.78 is 17.7. The van der Waals surface area contributed by atoms with Gasteiger partial charge in [-0.15, -0.1) is 4.73 Å². The molecule has 0 unspecified atom stereocenters. The molecule has 2 aromatic carbocycles. The van der Waals surface area contributed by atoms with Crippen LogP contribution in [0.2, 0.25) is 0 Å². The van der Waals surface area contributed by atoms with Gasteiger partial charge in [0, 0.05) is 24.1 Å². The molecule has 0 aliphatic rings. The minimum atomic E-state index is 0.355. The molecule has 0 aliphatic heterocycles. The van der Waals surface area contributed by atoms with Crippen molar-refractivity contribution >= 4 is 16.7 Å². The van der Waals surface area contributed by atoms with Crippen LogP contribution in [0.1, 0.15) is 5.56 Å². The number of fused-ring (bicyclic) bond motifs is 1. The topological polar surface area (TPSA) is 79.1 Å². The van der Waals surface area contributed by atoms with Crippen molar-refractivity contribution in [2.75, 3.05) is 40.8 Å². The maximum absolute atomic E-state index is 5.54. The van der Waals surface area contributed by atoms with Crippen molar-refractivity contribution in [3.8, 4) is 17.2 Å². The Morgan fingerprint density at radius 3 is 2.43 bits per heavy atom. The molecule has 3 rings (SSSR count). The van der Waals surface area contributed by atoms with Gasteiger partial charge in [0.15, 0.2) is 5.82 Å². The van der Waals surface area contributed by atoms with E-state index in [4.69, 9.17) is 19.0 Å². The fraction of sp³-hybridized carbons (Fsp3) is 0.300. The van der Waals surface area contributed by atoms with E-state index in [9.17, 15) is 0 Å². The number of para-hydroxylation sites is 1. The first kappa shape index (κ1) is 19.3. The molecule has 0 bridgehead atoms. The fourth-order valence-electron chi connectivity index (χ4n) is 3.00. The summed E-state index contributed by atoms with van der Waals surface area (Å²) in [5.41, 5.74) is 2.00.